The molecule has 2 aromatic rings. The van der Waals surface area contributed by atoms with Gasteiger partial charge in [-0.15, -0.1) is 0 Å². The number of carbonyl (C=O) groups excluding carboxylic acids is 1. The van der Waals surface area contributed by atoms with Crippen molar-refractivity contribution in [2.75, 3.05) is 18.0 Å². The highest BCUT2D eigenvalue weighted by Gasteiger charge is 2.37. The minimum atomic E-state index is -3.49. The van der Waals surface area contributed by atoms with Crippen molar-refractivity contribution in [2.45, 2.75) is 38.0 Å². The Labute approximate surface area is 171 Å². The van der Waals surface area contributed by atoms with Crippen LogP contribution in [-0.4, -0.2) is 37.8 Å². The zero-order valence-corrected chi connectivity index (χ0v) is 17.2. The van der Waals surface area contributed by atoms with Crippen molar-refractivity contribution >= 4 is 21.6 Å². The summed E-state index contributed by atoms with van der Waals surface area (Å²) < 4.78 is 40.0. The lowest BCUT2D eigenvalue weighted by Crippen LogP contribution is -2.46. The maximum Gasteiger partial charge on any atom is 0.230 e. The average Bonchev–Trinajstić information content (AvgIpc) is 3.05. The molecule has 1 amide bonds. The van der Waals surface area contributed by atoms with Gasteiger partial charge in [0.15, 0.2) is 0 Å². The molecule has 2 aliphatic rings. The summed E-state index contributed by atoms with van der Waals surface area (Å²) in [6, 6.07) is 13.6. The van der Waals surface area contributed by atoms with Gasteiger partial charge in [-0.2, -0.15) is 0 Å². The van der Waals surface area contributed by atoms with Crippen LogP contribution in [0.15, 0.2) is 48.5 Å². The molecule has 1 atom stereocenters. The molecule has 0 bridgehead atoms. The molecule has 0 aliphatic carbocycles. The topological polar surface area (TPSA) is 57.7 Å². The second-order valence-electron chi connectivity index (χ2n) is 7.95. The Morgan fingerprint density at radius 1 is 1.07 bits per heavy atom. The predicted molar refractivity (Wildman–Crippen MR) is 110 cm³/mol. The van der Waals surface area contributed by atoms with E-state index < -0.39 is 10.0 Å². The molecule has 1 fully saturated rings. The van der Waals surface area contributed by atoms with Crippen LogP contribution in [0.1, 0.15) is 30.9 Å². The van der Waals surface area contributed by atoms with Crippen molar-refractivity contribution < 1.29 is 17.6 Å². The van der Waals surface area contributed by atoms with E-state index in [1.165, 1.54) is 34.1 Å². The summed E-state index contributed by atoms with van der Waals surface area (Å²) in [6.07, 6.45) is 1.90. The van der Waals surface area contributed by atoms with Gasteiger partial charge < -0.3 is 4.90 Å². The summed E-state index contributed by atoms with van der Waals surface area (Å²) in [5, 5.41) is 0. The van der Waals surface area contributed by atoms with Crippen molar-refractivity contribution in [1.29, 1.82) is 0 Å². The first kappa shape index (κ1) is 20.0. The Balaban J connectivity index is 1.40. The van der Waals surface area contributed by atoms with Crippen LogP contribution in [0.5, 0.6) is 0 Å². The van der Waals surface area contributed by atoms with Gasteiger partial charge in [0.2, 0.25) is 15.9 Å². The molecule has 0 aromatic heterocycles. The van der Waals surface area contributed by atoms with E-state index in [4.69, 9.17) is 0 Å². The number of nitrogens with zero attached hydrogens (tertiary/aromatic N) is 2. The molecular weight excluding hydrogens is 391 g/mol. The van der Waals surface area contributed by atoms with E-state index in [2.05, 4.69) is 13.0 Å². The van der Waals surface area contributed by atoms with Crippen LogP contribution in [0.25, 0.3) is 0 Å². The van der Waals surface area contributed by atoms with Crippen LogP contribution in [0.4, 0.5) is 10.1 Å². The van der Waals surface area contributed by atoms with Gasteiger partial charge in [-0.1, -0.05) is 30.3 Å². The number of anilines is 1. The zero-order chi connectivity index (χ0) is 20.6. The molecule has 7 heteroatoms. The molecule has 0 saturated carbocycles. The molecular formula is C22H25FN2O3S. The van der Waals surface area contributed by atoms with Crippen molar-refractivity contribution in [3.63, 3.8) is 0 Å². The molecule has 0 N–H and O–H groups in total. The third-order valence-corrected chi connectivity index (χ3v) is 7.75. The molecule has 29 heavy (non-hydrogen) atoms. The maximum atomic E-state index is 13.2. The Hall–Kier alpha value is -2.25. The second-order valence-corrected chi connectivity index (χ2v) is 9.92. The van der Waals surface area contributed by atoms with E-state index in [0.717, 1.165) is 12.1 Å². The van der Waals surface area contributed by atoms with E-state index >= 15 is 0 Å². The van der Waals surface area contributed by atoms with E-state index in [0.29, 0.717) is 31.5 Å². The van der Waals surface area contributed by atoms with Crippen molar-refractivity contribution in [3.8, 4) is 0 Å². The number of fused-ring (bicyclic) bond motifs is 1. The fourth-order valence-corrected chi connectivity index (χ4v) is 5.92. The number of para-hydroxylation sites is 1. The lowest BCUT2D eigenvalue weighted by Gasteiger charge is -2.34. The van der Waals surface area contributed by atoms with Crippen LogP contribution in [0, 0.1) is 11.7 Å². The third kappa shape index (κ3) is 4.07. The summed E-state index contributed by atoms with van der Waals surface area (Å²) in [5.41, 5.74) is 2.73. The highest BCUT2D eigenvalue weighted by Crippen LogP contribution is 2.35. The first-order valence-electron chi connectivity index (χ1n) is 9.98. The predicted octanol–water partition coefficient (Wildman–Crippen LogP) is 3.35. The molecule has 5 nitrogen and oxygen atoms in total. The quantitative estimate of drug-likeness (QED) is 0.768. The van der Waals surface area contributed by atoms with E-state index in [9.17, 15) is 17.6 Å². The monoisotopic (exact) mass is 416 g/mol. The minimum absolute atomic E-state index is 0.0954. The summed E-state index contributed by atoms with van der Waals surface area (Å²) >= 11 is 0. The Kier molecular flexibility index (Phi) is 5.44. The molecule has 4 rings (SSSR count). The lowest BCUT2D eigenvalue weighted by molar-refractivity contribution is -0.123. The number of benzene rings is 2. The number of rotatable bonds is 4. The van der Waals surface area contributed by atoms with Crippen LogP contribution in [0.2, 0.25) is 0 Å². The van der Waals surface area contributed by atoms with Gasteiger partial charge in [0.05, 0.1) is 5.75 Å². The van der Waals surface area contributed by atoms with Gasteiger partial charge in [-0.25, -0.2) is 17.1 Å². The fourth-order valence-electron chi connectivity index (χ4n) is 4.36. The average molecular weight is 417 g/mol. The Morgan fingerprint density at radius 3 is 2.41 bits per heavy atom. The van der Waals surface area contributed by atoms with Crippen molar-refractivity contribution in [3.05, 3.63) is 65.5 Å². The van der Waals surface area contributed by atoms with Crippen molar-refractivity contribution in [2.24, 2.45) is 5.92 Å². The number of carbonyl (C=O) groups is 1. The molecule has 2 aromatic carbocycles. The molecule has 1 saturated heterocycles. The van der Waals surface area contributed by atoms with E-state index in [1.807, 2.05) is 23.1 Å². The molecule has 0 unspecified atom stereocenters. The van der Waals surface area contributed by atoms with Crippen LogP contribution < -0.4 is 4.90 Å². The lowest BCUT2D eigenvalue weighted by atomic mass is 9.96. The van der Waals surface area contributed by atoms with Gasteiger partial charge in [-0.05, 0) is 55.5 Å². The molecule has 2 heterocycles. The highest BCUT2D eigenvalue weighted by atomic mass is 32.2. The summed E-state index contributed by atoms with van der Waals surface area (Å²) in [6.45, 7) is 2.73. The summed E-state index contributed by atoms with van der Waals surface area (Å²) in [4.78, 5) is 15.1. The van der Waals surface area contributed by atoms with Gasteiger partial charge in [-0.3, -0.25) is 4.79 Å². The standard InChI is InChI=1S/C22H25FN2O3S/c1-16-14-19-4-2-3-5-21(19)25(16)22(26)18-10-12-24(13-11-18)29(27,28)15-17-6-8-20(23)9-7-17/h2-9,16,18H,10-15H2,1H3/t16-/m0/s1. The second kappa shape index (κ2) is 7.88. The normalized spacial score (nSPS) is 20.6. The van der Waals surface area contributed by atoms with Gasteiger partial charge >= 0.3 is 0 Å². The van der Waals surface area contributed by atoms with Crippen molar-refractivity contribution in [1.82, 2.24) is 4.31 Å². The number of halogens is 1. The molecule has 0 spiro atoms. The Bertz CT molecular complexity index is 999. The first-order valence-corrected chi connectivity index (χ1v) is 11.6. The van der Waals surface area contributed by atoms with E-state index in [-0.39, 0.29) is 29.4 Å². The van der Waals surface area contributed by atoms with Crippen LogP contribution >= 0.6 is 0 Å². The van der Waals surface area contributed by atoms with Gasteiger partial charge in [0.1, 0.15) is 5.82 Å². The number of hydrogen-bond donors (Lipinski definition) is 0. The SMILES string of the molecule is C[C@H]1Cc2ccccc2N1C(=O)C1CCN(S(=O)(=O)Cc2ccc(F)cc2)CC1. The minimum Gasteiger partial charge on any atom is -0.309 e. The fraction of sp³-hybridized carbons (Fsp3) is 0.409. The smallest absolute Gasteiger partial charge is 0.230 e. The van der Waals surface area contributed by atoms with Gasteiger partial charge in [0.25, 0.3) is 0 Å². The van der Waals surface area contributed by atoms with Crippen LogP contribution in [0.3, 0.4) is 0 Å². The van der Waals surface area contributed by atoms with Gasteiger partial charge in [0, 0.05) is 30.7 Å². The zero-order valence-electron chi connectivity index (χ0n) is 16.4. The van der Waals surface area contributed by atoms with Crippen LogP contribution in [-0.2, 0) is 27.0 Å². The molecule has 154 valence electrons. The number of hydrogen-bond acceptors (Lipinski definition) is 3. The first-order chi connectivity index (χ1) is 13.8. The highest BCUT2D eigenvalue weighted by molar-refractivity contribution is 7.88. The molecule has 2 aliphatic heterocycles. The number of amides is 1. The van der Waals surface area contributed by atoms with E-state index in [1.54, 1.807) is 0 Å². The Morgan fingerprint density at radius 2 is 1.72 bits per heavy atom. The number of sulfonamides is 1. The third-order valence-electron chi connectivity index (χ3n) is 5.90. The largest absolute Gasteiger partial charge is 0.309 e. The maximum absolute atomic E-state index is 13.2. The number of piperidine rings is 1. The summed E-state index contributed by atoms with van der Waals surface area (Å²) in [7, 11) is -3.49. The molecule has 0 radical (unpaired) electrons. The summed E-state index contributed by atoms with van der Waals surface area (Å²) in [5.74, 6) is -0.607.